The first-order chi connectivity index (χ1) is 13.6. The Kier molecular flexibility index (Phi) is 7.36. The number of hydrogen-bond acceptors (Lipinski definition) is 5. The molecule has 2 saturated heterocycles. The van der Waals surface area contributed by atoms with Gasteiger partial charge in [-0.25, -0.2) is 0 Å². The summed E-state index contributed by atoms with van der Waals surface area (Å²) in [5.41, 5.74) is 0. The van der Waals surface area contributed by atoms with Gasteiger partial charge in [0.15, 0.2) is 5.96 Å². The molecular weight excluding hydrogens is 356 g/mol. The molecule has 0 bridgehead atoms. The molecule has 2 fully saturated rings. The minimum atomic E-state index is -0.0938. The van der Waals surface area contributed by atoms with Crippen molar-refractivity contribution in [3.05, 3.63) is 23.7 Å². The number of carbonyl (C=O) groups is 1. The lowest BCUT2D eigenvalue weighted by Gasteiger charge is -2.35. The molecule has 3 heterocycles. The molecule has 2 aliphatic rings. The third kappa shape index (κ3) is 5.07. The van der Waals surface area contributed by atoms with E-state index in [-0.39, 0.29) is 17.9 Å². The molecule has 28 heavy (non-hydrogen) atoms. The van der Waals surface area contributed by atoms with Crippen molar-refractivity contribution >= 4 is 11.9 Å². The summed E-state index contributed by atoms with van der Waals surface area (Å²) in [6.07, 6.45) is 4.32. The van der Waals surface area contributed by atoms with Crippen molar-refractivity contribution < 1.29 is 13.9 Å². The largest absolute Gasteiger partial charge is 0.466 e. The maximum absolute atomic E-state index is 12.2. The van der Waals surface area contributed by atoms with Crippen LogP contribution >= 0.6 is 0 Å². The summed E-state index contributed by atoms with van der Waals surface area (Å²) in [6.45, 7) is 8.77. The Labute approximate surface area is 168 Å². The lowest BCUT2D eigenvalue weighted by molar-refractivity contribution is -0.149. The number of ether oxygens (including phenoxy) is 1. The van der Waals surface area contributed by atoms with Gasteiger partial charge in [-0.05, 0) is 64.8 Å². The van der Waals surface area contributed by atoms with Crippen LogP contribution < -0.4 is 5.32 Å². The van der Waals surface area contributed by atoms with Crippen molar-refractivity contribution in [2.45, 2.75) is 45.6 Å². The van der Waals surface area contributed by atoms with Crippen LogP contribution in [0.4, 0.5) is 0 Å². The Morgan fingerprint density at radius 2 is 2.11 bits per heavy atom. The number of nitrogens with zero attached hydrogens (tertiary/aromatic N) is 3. The van der Waals surface area contributed by atoms with Crippen LogP contribution in [-0.4, -0.2) is 68.1 Å². The van der Waals surface area contributed by atoms with Crippen LogP contribution in [0.2, 0.25) is 0 Å². The van der Waals surface area contributed by atoms with Crippen molar-refractivity contribution in [2.75, 3.05) is 46.4 Å². The highest BCUT2D eigenvalue weighted by Gasteiger charge is 2.30. The number of carbonyl (C=O) groups excluding carboxylic acids is 1. The molecule has 0 aliphatic carbocycles. The van der Waals surface area contributed by atoms with Crippen molar-refractivity contribution in [1.29, 1.82) is 0 Å². The zero-order chi connectivity index (χ0) is 19.9. The second-order valence-electron chi connectivity index (χ2n) is 7.67. The molecule has 0 aromatic carbocycles. The van der Waals surface area contributed by atoms with Crippen LogP contribution in [0, 0.1) is 12.8 Å². The van der Waals surface area contributed by atoms with Gasteiger partial charge in [0.05, 0.1) is 18.6 Å². The Balaban J connectivity index is 1.63. The first-order valence-electron chi connectivity index (χ1n) is 10.5. The van der Waals surface area contributed by atoms with E-state index in [1.54, 1.807) is 7.05 Å². The van der Waals surface area contributed by atoms with E-state index >= 15 is 0 Å². The molecule has 7 nitrogen and oxygen atoms in total. The number of likely N-dealkylation sites (tertiary alicyclic amines) is 2. The average Bonchev–Trinajstić information content (AvgIpc) is 3.38. The van der Waals surface area contributed by atoms with Gasteiger partial charge < -0.3 is 19.4 Å². The molecule has 1 aromatic heterocycles. The van der Waals surface area contributed by atoms with Crippen LogP contribution in [0.1, 0.15) is 50.2 Å². The topological polar surface area (TPSA) is 70.3 Å². The van der Waals surface area contributed by atoms with Gasteiger partial charge >= 0.3 is 5.97 Å². The van der Waals surface area contributed by atoms with E-state index in [1.807, 2.05) is 19.9 Å². The molecule has 2 unspecified atom stereocenters. The van der Waals surface area contributed by atoms with E-state index in [0.29, 0.717) is 13.2 Å². The normalized spacial score (nSPS) is 22.3. The van der Waals surface area contributed by atoms with Gasteiger partial charge in [0.25, 0.3) is 0 Å². The Bertz CT molecular complexity index is 666. The summed E-state index contributed by atoms with van der Waals surface area (Å²) >= 11 is 0. The van der Waals surface area contributed by atoms with E-state index in [2.05, 4.69) is 26.2 Å². The van der Waals surface area contributed by atoms with Crippen molar-refractivity contribution in [1.82, 2.24) is 15.1 Å². The van der Waals surface area contributed by atoms with Crippen LogP contribution in [0.25, 0.3) is 0 Å². The molecule has 0 spiro atoms. The third-order valence-corrected chi connectivity index (χ3v) is 5.68. The number of piperidine rings is 1. The summed E-state index contributed by atoms with van der Waals surface area (Å²) in [4.78, 5) is 21.3. The monoisotopic (exact) mass is 390 g/mol. The number of esters is 1. The quantitative estimate of drug-likeness (QED) is 0.457. The summed E-state index contributed by atoms with van der Waals surface area (Å²) in [7, 11) is 1.80. The fraction of sp³-hybridized carbons (Fsp3) is 0.714. The van der Waals surface area contributed by atoms with E-state index in [1.165, 1.54) is 12.8 Å². The molecular formula is C21H34N4O3. The number of rotatable bonds is 6. The van der Waals surface area contributed by atoms with Gasteiger partial charge in [0.2, 0.25) is 0 Å². The SMILES string of the molecule is CCOC(=O)C1CCCN(C(=NC)NCC(c2ccc(C)o2)N2CCCC2)C1. The molecule has 1 aromatic rings. The predicted molar refractivity (Wildman–Crippen MR) is 109 cm³/mol. The van der Waals surface area contributed by atoms with Gasteiger partial charge in [-0.1, -0.05) is 0 Å². The number of nitrogens with one attached hydrogen (secondary N) is 1. The van der Waals surface area contributed by atoms with Crippen molar-refractivity contribution in [2.24, 2.45) is 10.9 Å². The second-order valence-corrected chi connectivity index (χ2v) is 7.67. The van der Waals surface area contributed by atoms with Crippen LogP contribution in [0.3, 0.4) is 0 Å². The Morgan fingerprint density at radius 1 is 1.32 bits per heavy atom. The molecule has 0 amide bonds. The molecule has 0 radical (unpaired) electrons. The molecule has 156 valence electrons. The lowest BCUT2D eigenvalue weighted by atomic mass is 9.98. The highest BCUT2D eigenvalue weighted by Crippen LogP contribution is 2.26. The average molecular weight is 391 g/mol. The molecule has 2 atom stereocenters. The maximum Gasteiger partial charge on any atom is 0.310 e. The minimum Gasteiger partial charge on any atom is -0.466 e. The molecule has 1 N–H and O–H groups in total. The lowest BCUT2D eigenvalue weighted by Crippen LogP contribution is -2.49. The van der Waals surface area contributed by atoms with Gasteiger partial charge in [-0.2, -0.15) is 0 Å². The summed E-state index contributed by atoms with van der Waals surface area (Å²) in [5.74, 6) is 2.63. The fourth-order valence-electron chi connectivity index (χ4n) is 4.24. The van der Waals surface area contributed by atoms with Gasteiger partial charge in [0.1, 0.15) is 11.5 Å². The highest BCUT2D eigenvalue weighted by molar-refractivity contribution is 5.81. The molecule has 2 aliphatic heterocycles. The smallest absolute Gasteiger partial charge is 0.310 e. The molecule has 3 rings (SSSR count). The maximum atomic E-state index is 12.2. The van der Waals surface area contributed by atoms with Crippen LogP contribution in [0.5, 0.6) is 0 Å². The summed E-state index contributed by atoms with van der Waals surface area (Å²) < 4.78 is 11.2. The first kappa shape index (κ1) is 20.7. The van der Waals surface area contributed by atoms with E-state index in [9.17, 15) is 4.79 Å². The summed E-state index contributed by atoms with van der Waals surface area (Å²) in [6, 6.07) is 4.31. The van der Waals surface area contributed by atoms with Gasteiger partial charge in [0, 0.05) is 26.7 Å². The van der Waals surface area contributed by atoms with E-state index < -0.39 is 0 Å². The number of aryl methyl sites for hydroxylation is 1. The zero-order valence-corrected chi connectivity index (χ0v) is 17.4. The standard InChI is InChI=1S/C21H34N4O3/c1-4-27-20(26)17-8-7-13-25(15-17)21(22-3)23-14-18(24-11-5-6-12-24)19-10-9-16(2)28-19/h9-10,17-18H,4-8,11-15H2,1-3H3,(H,22,23). The second kappa shape index (κ2) is 9.96. The number of furan rings is 1. The van der Waals surface area contributed by atoms with Gasteiger partial charge in [-0.15, -0.1) is 0 Å². The third-order valence-electron chi connectivity index (χ3n) is 5.68. The van der Waals surface area contributed by atoms with Crippen molar-refractivity contribution in [3.8, 4) is 0 Å². The van der Waals surface area contributed by atoms with E-state index in [4.69, 9.17) is 9.15 Å². The minimum absolute atomic E-state index is 0.0747. The molecule has 0 saturated carbocycles. The molecule has 7 heteroatoms. The van der Waals surface area contributed by atoms with Crippen molar-refractivity contribution in [3.63, 3.8) is 0 Å². The Hall–Kier alpha value is -2.02. The zero-order valence-electron chi connectivity index (χ0n) is 17.4. The van der Waals surface area contributed by atoms with E-state index in [0.717, 1.165) is 56.5 Å². The van der Waals surface area contributed by atoms with Crippen LogP contribution in [0.15, 0.2) is 21.5 Å². The van der Waals surface area contributed by atoms with Crippen LogP contribution in [-0.2, 0) is 9.53 Å². The number of guanidine groups is 1. The Morgan fingerprint density at radius 3 is 2.75 bits per heavy atom. The number of aliphatic imine (C=N–C) groups is 1. The fourth-order valence-corrected chi connectivity index (χ4v) is 4.24. The highest BCUT2D eigenvalue weighted by atomic mass is 16.5. The summed E-state index contributed by atoms with van der Waals surface area (Å²) in [5, 5.41) is 3.54. The van der Waals surface area contributed by atoms with Gasteiger partial charge in [-0.3, -0.25) is 14.7 Å². The first-order valence-corrected chi connectivity index (χ1v) is 10.5. The predicted octanol–water partition coefficient (Wildman–Crippen LogP) is 2.58. The number of hydrogen-bond donors (Lipinski definition) is 1.